The number of piperazine rings is 1. The molecule has 1 aromatic rings. The van der Waals surface area contributed by atoms with Crippen molar-refractivity contribution in [2.24, 2.45) is 0 Å². The number of nitrogens with zero attached hydrogens (tertiary/aromatic N) is 3. The number of anilines is 1. The second kappa shape index (κ2) is 4.77. The van der Waals surface area contributed by atoms with Crippen LogP contribution in [0, 0.1) is 0 Å². The highest BCUT2D eigenvalue weighted by atomic mass is 32.1. The molecule has 0 spiro atoms. The Morgan fingerprint density at radius 1 is 1.47 bits per heavy atom. The van der Waals surface area contributed by atoms with Crippen molar-refractivity contribution in [2.45, 2.75) is 6.92 Å². The predicted octanol–water partition coefficient (Wildman–Crippen LogP) is 1.84. The summed E-state index contributed by atoms with van der Waals surface area (Å²) in [5, 5.41) is 3.19. The van der Waals surface area contributed by atoms with Crippen LogP contribution in [0.3, 0.4) is 0 Å². The molecule has 1 saturated heterocycles. The Bertz CT molecular complexity index is 313. The highest BCUT2D eigenvalue weighted by Crippen LogP contribution is 2.18. The Morgan fingerprint density at radius 2 is 2.20 bits per heavy atom. The third-order valence-corrected chi connectivity index (χ3v) is 3.39. The molecule has 82 valence electrons. The molecule has 0 unspecified atom stereocenters. The molecule has 0 aromatic carbocycles. The summed E-state index contributed by atoms with van der Waals surface area (Å²) in [6, 6.07) is 0. The summed E-state index contributed by atoms with van der Waals surface area (Å²) in [7, 11) is 0. The number of thiazole rings is 1. The van der Waals surface area contributed by atoms with Gasteiger partial charge < -0.3 is 4.90 Å². The molecule has 1 aliphatic heterocycles. The summed E-state index contributed by atoms with van der Waals surface area (Å²) in [6.45, 7) is 11.5. The van der Waals surface area contributed by atoms with E-state index in [1.807, 2.05) is 11.6 Å². The van der Waals surface area contributed by atoms with Crippen molar-refractivity contribution in [1.29, 1.82) is 0 Å². The first kappa shape index (κ1) is 10.6. The van der Waals surface area contributed by atoms with Crippen molar-refractivity contribution in [1.82, 2.24) is 9.88 Å². The maximum Gasteiger partial charge on any atom is 0.185 e. The Balaban J connectivity index is 1.84. The van der Waals surface area contributed by atoms with Gasteiger partial charge in [-0.15, -0.1) is 11.3 Å². The molecule has 0 bridgehead atoms. The van der Waals surface area contributed by atoms with Gasteiger partial charge in [-0.25, -0.2) is 4.98 Å². The number of aromatic nitrogens is 1. The van der Waals surface area contributed by atoms with E-state index in [4.69, 9.17) is 0 Å². The monoisotopic (exact) mass is 223 g/mol. The molecule has 15 heavy (non-hydrogen) atoms. The molecule has 3 nitrogen and oxygen atoms in total. The van der Waals surface area contributed by atoms with E-state index in [1.54, 1.807) is 11.3 Å². The fourth-order valence-electron chi connectivity index (χ4n) is 1.85. The molecule has 1 aromatic heterocycles. The van der Waals surface area contributed by atoms with Gasteiger partial charge in [0.25, 0.3) is 0 Å². The Kier molecular flexibility index (Phi) is 3.38. The third-order valence-electron chi connectivity index (χ3n) is 2.56. The first-order valence-electron chi connectivity index (χ1n) is 5.27. The van der Waals surface area contributed by atoms with Gasteiger partial charge in [-0.3, -0.25) is 4.90 Å². The minimum atomic E-state index is 1.03. The van der Waals surface area contributed by atoms with E-state index in [2.05, 4.69) is 28.3 Å². The molecule has 0 atom stereocenters. The van der Waals surface area contributed by atoms with E-state index in [1.165, 1.54) is 5.57 Å². The summed E-state index contributed by atoms with van der Waals surface area (Å²) in [5.41, 5.74) is 1.25. The van der Waals surface area contributed by atoms with Crippen LogP contribution in [-0.2, 0) is 0 Å². The second-order valence-electron chi connectivity index (χ2n) is 4.03. The maximum atomic E-state index is 4.33. The summed E-state index contributed by atoms with van der Waals surface area (Å²) < 4.78 is 0. The average molecular weight is 223 g/mol. The van der Waals surface area contributed by atoms with E-state index >= 15 is 0 Å². The van der Waals surface area contributed by atoms with Crippen molar-refractivity contribution < 1.29 is 0 Å². The normalized spacial score (nSPS) is 18.1. The van der Waals surface area contributed by atoms with Crippen LogP contribution in [0.2, 0.25) is 0 Å². The number of rotatable bonds is 3. The highest BCUT2D eigenvalue weighted by Gasteiger charge is 2.17. The molecular weight excluding hydrogens is 206 g/mol. The largest absolute Gasteiger partial charge is 0.346 e. The van der Waals surface area contributed by atoms with Crippen molar-refractivity contribution >= 4 is 16.5 Å². The van der Waals surface area contributed by atoms with E-state index in [9.17, 15) is 0 Å². The van der Waals surface area contributed by atoms with E-state index in [0.717, 1.165) is 37.9 Å². The Labute approximate surface area is 95.0 Å². The van der Waals surface area contributed by atoms with E-state index in [0.29, 0.717) is 0 Å². The fourth-order valence-corrected chi connectivity index (χ4v) is 2.55. The van der Waals surface area contributed by atoms with Gasteiger partial charge in [0.05, 0.1) is 0 Å². The van der Waals surface area contributed by atoms with Crippen LogP contribution in [0.15, 0.2) is 23.7 Å². The number of hydrogen-bond acceptors (Lipinski definition) is 4. The third kappa shape index (κ3) is 2.79. The Morgan fingerprint density at radius 3 is 2.73 bits per heavy atom. The lowest BCUT2D eigenvalue weighted by Crippen LogP contribution is -2.46. The first-order valence-corrected chi connectivity index (χ1v) is 6.15. The SMILES string of the molecule is C=C(C)CN1CCN(c2nccs2)CC1. The molecular formula is C11H17N3S. The van der Waals surface area contributed by atoms with Crippen LogP contribution in [0.4, 0.5) is 5.13 Å². The molecule has 4 heteroatoms. The van der Waals surface area contributed by atoms with E-state index in [-0.39, 0.29) is 0 Å². The average Bonchev–Trinajstić information content (AvgIpc) is 2.71. The van der Waals surface area contributed by atoms with Crippen LogP contribution in [0.5, 0.6) is 0 Å². The lowest BCUT2D eigenvalue weighted by Gasteiger charge is -2.34. The van der Waals surface area contributed by atoms with Gasteiger partial charge >= 0.3 is 0 Å². The van der Waals surface area contributed by atoms with Gasteiger partial charge in [-0.1, -0.05) is 12.2 Å². The van der Waals surface area contributed by atoms with Crippen LogP contribution in [0.25, 0.3) is 0 Å². The molecule has 1 aliphatic rings. The topological polar surface area (TPSA) is 19.4 Å². The first-order chi connectivity index (χ1) is 7.25. The Hall–Kier alpha value is -0.870. The molecule has 2 rings (SSSR count). The zero-order valence-electron chi connectivity index (χ0n) is 9.15. The molecule has 0 aliphatic carbocycles. The highest BCUT2D eigenvalue weighted by molar-refractivity contribution is 7.13. The van der Waals surface area contributed by atoms with Crippen molar-refractivity contribution in [3.63, 3.8) is 0 Å². The van der Waals surface area contributed by atoms with E-state index < -0.39 is 0 Å². The maximum absolute atomic E-state index is 4.33. The zero-order chi connectivity index (χ0) is 10.7. The summed E-state index contributed by atoms with van der Waals surface area (Å²) >= 11 is 1.72. The standard InChI is InChI=1S/C11H17N3S/c1-10(2)9-13-4-6-14(7-5-13)11-12-3-8-15-11/h3,8H,1,4-7,9H2,2H3. The van der Waals surface area contributed by atoms with Crippen molar-refractivity contribution in [3.05, 3.63) is 23.7 Å². The lowest BCUT2D eigenvalue weighted by molar-refractivity contribution is 0.278. The molecule has 0 saturated carbocycles. The van der Waals surface area contributed by atoms with Crippen molar-refractivity contribution in [2.75, 3.05) is 37.6 Å². The summed E-state index contributed by atoms with van der Waals surface area (Å²) in [5.74, 6) is 0. The van der Waals surface area contributed by atoms with Gasteiger partial charge in [0.15, 0.2) is 5.13 Å². The van der Waals surface area contributed by atoms with Gasteiger partial charge in [-0.05, 0) is 6.92 Å². The number of hydrogen-bond donors (Lipinski definition) is 0. The molecule has 0 radical (unpaired) electrons. The van der Waals surface area contributed by atoms with Crippen LogP contribution >= 0.6 is 11.3 Å². The minimum Gasteiger partial charge on any atom is -0.346 e. The molecule has 1 fully saturated rings. The quantitative estimate of drug-likeness (QED) is 0.729. The van der Waals surface area contributed by atoms with Crippen LogP contribution in [0.1, 0.15) is 6.92 Å². The fraction of sp³-hybridized carbons (Fsp3) is 0.545. The summed E-state index contributed by atoms with van der Waals surface area (Å²) in [4.78, 5) is 9.15. The smallest absolute Gasteiger partial charge is 0.185 e. The zero-order valence-corrected chi connectivity index (χ0v) is 9.96. The van der Waals surface area contributed by atoms with Crippen molar-refractivity contribution in [3.8, 4) is 0 Å². The lowest BCUT2D eigenvalue weighted by atomic mass is 10.2. The molecule has 0 amide bonds. The van der Waals surface area contributed by atoms with Gasteiger partial charge in [-0.2, -0.15) is 0 Å². The van der Waals surface area contributed by atoms with Crippen LogP contribution in [-0.4, -0.2) is 42.6 Å². The van der Waals surface area contributed by atoms with Gasteiger partial charge in [0.2, 0.25) is 0 Å². The minimum absolute atomic E-state index is 1.03. The van der Waals surface area contributed by atoms with Gasteiger partial charge in [0, 0.05) is 44.3 Å². The molecule has 2 heterocycles. The predicted molar refractivity (Wildman–Crippen MR) is 65.6 cm³/mol. The molecule has 0 N–H and O–H groups in total. The van der Waals surface area contributed by atoms with Gasteiger partial charge in [0.1, 0.15) is 0 Å². The van der Waals surface area contributed by atoms with Crippen LogP contribution < -0.4 is 4.90 Å². The summed E-state index contributed by atoms with van der Waals surface area (Å²) in [6.07, 6.45) is 1.88. The second-order valence-corrected chi connectivity index (χ2v) is 4.91.